The summed E-state index contributed by atoms with van der Waals surface area (Å²) in [7, 11) is 0. The third-order valence-corrected chi connectivity index (χ3v) is 2.17. The molecule has 0 unspecified atom stereocenters. The van der Waals surface area contributed by atoms with Crippen LogP contribution in [0.5, 0.6) is 0 Å². The van der Waals surface area contributed by atoms with Crippen molar-refractivity contribution in [3.05, 3.63) is 6.92 Å². The van der Waals surface area contributed by atoms with Gasteiger partial charge in [0.15, 0.2) is 0 Å². The Kier molecular flexibility index (Phi) is 3.40. The first-order valence-electron chi connectivity index (χ1n) is 5.19. The number of carbonyl (C=O) groups excluding carboxylic acids is 1. The molecular formula is C11H20NO2. The summed E-state index contributed by atoms with van der Waals surface area (Å²) in [6, 6.07) is 0. The zero-order chi connectivity index (χ0) is 10.8. The van der Waals surface area contributed by atoms with Crippen LogP contribution in [0.3, 0.4) is 0 Å². The average Bonchev–Trinajstić information content (AvgIpc) is 2.01. The molecular weight excluding hydrogens is 178 g/mol. The molecule has 1 rings (SSSR count). The van der Waals surface area contributed by atoms with Crippen molar-refractivity contribution < 1.29 is 9.53 Å². The number of rotatable bonds is 0. The molecule has 1 amide bonds. The molecule has 0 aromatic carbocycles. The summed E-state index contributed by atoms with van der Waals surface area (Å²) in [4.78, 5) is 13.4. The zero-order valence-corrected chi connectivity index (χ0v) is 9.38. The number of carbonyl (C=O) groups is 1. The number of piperidine rings is 1. The predicted octanol–water partition coefficient (Wildman–Crippen LogP) is 2.47. The fourth-order valence-corrected chi connectivity index (χ4v) is 1.56. The number of hydrogen-bond acceptors (Lipinski definition) is 2. The third-order valence-electron chi connectivity index (χ3n) is 2.17. The summed E-state index contributed by atoms with van der Waals surface area (Å²) in [5.74, 6) is 0.358. The van der Waals surface area contributed by atoms with Gasteiger partial charge >= 0.3 is 6.09 Å². The van der Waals surface area contributed by atoms with Crippen LogP contribution >= 0.6 is 0 Å². The van der Waals surface area contributed by atoms with Crippen LogP contribution in [0.2, 0.25) is 0 Å². The van der Waals surface area contributed by atoms with E-state index in [4.69, 9.17) is 4.74 Å². The van der Waals surface area contributed by atoms with E-state index in [1.807, 2.05) is 20.8 Å². The van der Waals surface area contributed by atoms with Gasteiger partial charge in [-0.1, -0.05) is 0 Å². The van der Waals surface area contributed by atoms with Crippen molar-refractivity contribution in [2.24, 2.45) is 5.92 Å². The minimum Gasteiger partial charge on any atom is -0.444 e. The van der Waals surface area contributed by atoms with E-state index in [1.165, 1.54) is 0 Å². The van der Waals surface area contributed by atoms with Gasteiger partial charge in [0.1, 0.15) is 5.60 Å². The number of hydrogen-bond donors (Lipinski definition) is 0. The second-order valence-electron chi connectivity index (χ2n) is 4.93. The van der Waals surface area contributed by atoms with Gasteiger partial charge in [-0.25, -0.2) is 4.79 Å². The molecule has 0 aliphatic carbocycles. The highest BCUT2D eigenvalue weighted by Crippen LogP contribution is 2.18. The molecule has 81 valence electrons. The van der Waals surface area contributed by atoms with Crippen LogP contribution in [0, 0.1) is 12.8 Å². The highest BCUT2D eigenvalue weighted by molar-refractivity contribution is 5.68. The maximum Gasteiger partial charge on any atom is 0.410 e. The summed E-state index contributed by atoms with van der Waals surface area (Å²) < 4.78 is 5.28. The van der Waals surface area contributed by atoms with Crippen LogP contribution < -0.4 is 0 Å². The topological polar surface area (TPSA) is 29.5 Å². The average molecular weight is 198 g/mol. The Balaban J connectivity index is 2.44. The van der Waals surface area contributed by atoms with Crippen LogP contribution in [0.1, 0.15) is 33.6 Å². The lowest BCUT2D eigenvalue weighted by atomic mass is 10.0. The lowest BCUT2D eigenvalue weighted by Gasteiger charge is -2.32. The normalized spacial score (nSPS) is 23.4. The maximum atomic E-state index is 11.6. The molecule has 0 saturated carbocycles. The molecule has 0 aromatic rings. The smallest absolute Gasteiger partial charge is 0.410 e. The van der Waals surface area contributed by atoms with E-state index in [0.717, 1.165) is 25.9 Å². The van der Waals surface area contributed by atoms with Gasteiger partial charge in [-0.3, -0.25) is 0 Å². The molecule has 3 nitrogen and oxygen atoms in total. The van der Waals surface area contributed by atoms with Gasteiger partial charge in [-0.05, 0) is 46.5 Å². The van der Waals surface area contributed by atoms with Crippen molar-refractivity contribution >= 4 is 6.09 Å². The molecule has 1 radical (unpaired) electrons. The van der Waals surface area contributed by atoms with Crippen molar-refractivity contribution in [2.75, 3.05) is 13.1 Å². The predicted molar refractivity (Wildman–Crippen MR) is 55.9 cm³/mol. The quantitative estimate of drug-likeness (QED) is 0.598. The van der Waals surface area contributed by atoms with E-state index in [1.54, 1.807) is 4.90 Å². The molecule has 0 aromatic heterocycles. The SMILES string of the molecule is [CH2][C@@H]1CCCN(C(=O)OC(C)(C)C)C1. The van der Waals surface area contributed by atoms with E-state index in [2.05, 4.69) is 6.92 Å². The fourth-order valence-electron chi connectivity index (χ4n) is 1.56. The van der Waals surface area contributed by atoms with Gasteiger partial charge in [0.25, 0.3) is 0 Å². The van der Waals surface area contributed by atoms with Crippen LogP contribution in [0.15, 0.2) is 0 Å². The molecule has 14 heavy (non-hydrogen) atoms. The van der Waals surface area contributed by atoms with E-state index in [9.17, 15) is 4.79 Å². The van der Waals surface area contributed by atoms with E-state index >= 15 is 0 Å². The molecule has 0 spiro atoms. The second-order valence-corrected chi connectivity index (χ2v) is 4.93. The molecule has 1 aliphatic rings. The van der Waals surface area contributed by atoms with Gasteiger partial charge in [0.2, 0.25) is 0 Å². The fraction of sp³-hybridized carbons (Fsp3) is 0.818. The van der Waals surface area contributed by atoms with Crippen molar-refractivity contribution in [1.82, 2.24) is 4.90 Å². The highest BCUT2D eigenvalue weighted by Gasteiger charge is 2.25. The summed E-state index contributed by atoms with van der Waals surface area (Å²) in [6.45, 7) is 11.2. The molecule has 1 saturated heterocycles. The Morgan fingerprint density at radius 2 is 2.14 bits per heavy atom. The minimum absolute atomic E-state index is 0.203. The number of likely N-dealkylation sites (tertiary alicyclic amines) is 1. The first-order chi connectivity index (χ1) is 6.38. The minimum atomic E-state index is -0.398. The summed E-state index contributed by atoms with van der Waals surface area (Å²) in [5.41, 5.74) is -0.398. The molecule has 3 heteroatoms. The van der Waals surface area contributed by atoms with Gasteiger partial charge < -0.3 is 9.64 Å². The lowest BCUT2D eigenvalue weighted by Crippen LogP contribution is -2.42. The molecule has 0 N–H and O–H groups in total. The summed E-state index contributed by atoms with van der Waals surface area (Å²) in [5, 5.41) is 0. The van der Waals surface area contributed by atoms with Crippen molar-refractivity contribution in [2.45, 2.75) is 39.2 Å². The molecule has 0 bridgehead atoms. The largest absolute Gasteiger partial charge is 0.444 e. The highest BCUT2D eigenvalue weighted by atomic mass is 16.6. The van der Waals surface area contributed by atoms with E-state index in [0.29, 0.717) is 5.92 Å². The Bertz CT molecular complexity index is 208. The zero-order valence-electron chi connectivity index (χ0n) is 9.38. The maximum absolute atomic E-state index is 11.6. The Morgan fingerprint density at radius 1 is 1.50 bits per heavy atom. The monoisotopic (exact) mass is 198 g/mol. The Morgan fingerprint density at radius 3 is 2.64 bits per heavy atom. The van der Waals surface area contributed by atoms with Gasteiger partial charge in [-0.15, -0.1) is 0 Å². The van der Waals surface area contributed by atoms with E-state index < -0.39 is 5.60 Å². The van der Waals surface area contributed by atoms with Crippen molar-refractivity contribution in [3.8, 4) is 0 Å². The van der Waals surface area contributed by atoms with Crippen LogP contribution in [-0.4, -0.2) is 29.7 Å². The summed E-state index contributed by atoms with van der Waals surface area (Å²) in [6.07, 6.45) is 1.94. The standard InChI is InChI=1S/C11H20NO2/c1-9-6-5-7-12(8-9)10(13)14-11(2,3)4/h9H,1,5-8H2,2-4H3/t9-/m1/s1. The number of ether oxygens (including phenoxy) is 1. The third kappa shape index (κ3) is 3.56. The van der Waals surface area contributed by atoms with Crippen LogP contribution in [0.4, 0.5) is 4.79 Å². The summed E-state index contributed by atoms with van der Waals surface area (Å²) >= 11 is 0. The first-order valence-corrected chi connectivity index (χ1v) is 5.19. The Hall–Kier alpha value is -0.730. The Labute approximate surface area is 86.4 Å². The number of amides is 1. The molecule has 1 atom stereocenters. The number of nitrogens with zero attached hydrogens (tertiary/aromatic N) is 1. The van der Waals surface area contributed by atoms with Gasteiger partial charge in [-0.2, -0.15) is 0 Å². The molecule has 1 fully saturated rings. The first kappa shape index (κ1) is 11.3. The van der Waals surface area contributed by atoms with Crippen LogP contribution in [0.25, 0.3) is 0 Å². The van der Waals surface area contributed by atoms with Crippen molar-refractivity contribution in [1.29, 1.82) is 0 Å². The van der Waals surface area contributed by atoms with Gasteiger partial charge in [0.05, 0.1) is 0 Å². The van der Waals surface area contributed by atoms with Crippen LogP contribution in [-0.2, 0) is 4.74 Å². The van der Waals surface area contributed by atoms with E-state index in [-0.39, 0.29) is 6.09 Å². The lowest BCUT2D eigenvalue weighted by molar-refractivity contribution is 0.0185. The van der Waals surface area contributed by atoms with Gasteiger partial charge in [0, 0.05) is 13.1 Å². The second kappa shape index (κ2) is 4.20. The van der Waals surface area contributed by atoms with Crippen molar-refractivity contribution in [3.63, 3.8) is 0 Å². The molecule has 1 heterocycles. The molecule has 1 aliphatic heterocycles.